The summed E-state index contributed by atoms with van der Waals surface area (Å²) in [6.07, 6.45) is -1.00. The van der Waals surface area contributed by atoms with E-state index in [1.54, 1.807) is 38.2 Å². The molecule has 8 nitrogen and oxygen atoms in total. The Morgan fingerprint density at radius 2 is 1.84 bits per heavy atom. The van der Waals surface area contributed by atoms with Crippen molar-refractivity contribution in [2.75, 3.05) is 35.3 Å². The van der Waals surface area contributed by atoms with E-state index >= 15 is 0 Å². The normalized spacial score (nSPS) is 14.6. The van der Waals surface area contributed by atoms with Crippen molar-refractivity contribution in [1.29, 1.82) is 0 Å². The molecule has 0 radical (unpaired) electrons. The van der Waals surface area contributed by atoms with E-state index in [0.717, 1.165) is 0 Å². The molecule has 1 heterocycles. The van der Waals surface area contributed by atoms with E-state index in [4.69, 9.17) is 17.0 Å². The predicted molar refractivity (Wildman–Crippen MR) is 145 cm³/mol. The van der Waals surface area contributed by atoms with Gasteiger partial charge in [-0.3, -0.25) is 14.5 Å². The number of hydrogen-bond acceptors (Lipinski definition) is 6. The Kier molecular flexibility index (Phi) is 7.78. The third-order valence-corrected chi connectivity index (χ3v) is 5.92. The first-order chi connectivity index (χ1) is 17.7. The van der Waals surface area contributed by atoms with Crippen molar-refractivity contribution in [3.05, 3.63) is 94.4 Å². The number of thiocarbonyl (C=S) groups is 1. The van der Waals surface area contributed by atoms with Gasteiger partial charge in [-0.05, 0) is 49.4 Å². The van der Waals surface area contributed by atoms with Crippen molar-refractivity contribution >= 4 is 52.0 Å². The van der Waals surface area contributed by atoms with Crippen LogP contribution in [0.1, 0.15) is 17.3 Å². The predicted octanol–water partition coefficient (Wildman–Crippen LogP) is 4.47. The number of para-hydroxylation sites is 1. The molecule has 0 bridgehead atoms. The molecule has 0 spiro atoms. The molecular formula is C27H25FN4O4S. The zero-order valence-electron chi connectivity index (χ0n) is 20.2. The Morgan fingerprint density at radius 3 is 2.54 bits per heavy atom. The third kappa shape index (κ3) is 6.10. The second-order valence-corrected chi connectivity index (χ2v) is 9.06. The summed E-state index contributed by atoms with van der Waals surface area (Å²) in [6.45, 7) is 2.34. The lowest BCUT2D eigenvalue weighted by atomic mass is 10.2. The number of nitrogens with zero attached hydrogens (tertiary/aromatic N) is 2. The maximum absolute atomic E-state index is 15.0. The molecule has 2 N–H and O–H groups in total. The first-order valence-corrected chi connectivity index (χ1v) is 11.9. The number of benzene rings is 2. The first kappa shape index (κ1) is 25.8. The van der Waals surface area contributed by atoms with Crippen LogP contribution in [-0.2, 0) is 4.74 Å². The van der Waals surface area contributed by atoms with Crippen LogP contribution in [0.25, 0.3) is 0 Å². The summed E-state index contributed by atoms with van der Waals surface area (Å²) in [4.78, 5) is 41.4. The molecule has 1 aliphatic heterocycles. The topological polar surface area (TPSA) is 91.0 Å². The first-order valence-electron chi connectivity index (χ1n) is 11.5. The van der Waals surface area contributed by atoms with Crippen molar-refractivity contribution in [1.82, 2.24) is 5.32 Å². The van der Waals surface area contributed by atoms with Gasteiger partial charge in [-0.1, -0.05) is 36.5 Å². The fourth-order valence-electron chi connectivity index (χ4n) is 3.81. The lowest BCUT2D eigenvalue weighted by molar-refractivity contribution is 0.0993. The van der Waals surface area contributed by atoms with Crippen molar-refractivity contribution in [2.24, 2.45) is 0 Å². The fraction of sp³-hybridized carbons (Fsp3) is 0.185. The van der Waals surface area contributed by atoms with E-state index in [1.165, 1.54) is 40.1 Å². The zero-order valence-corrected chi connectivity index (χ0v) is 21.0. The van der Waals surface area contributed by atoms with Gasteiger partial charge in [0.15, 0.2) is 0 Å². The van der Waals surface area contributed by atoms with Gasteiger partial charge in [0.25, 0.3) is 5.91 Å². The average Bonchev–Trinajstić information content (AvgIpc) is 3.16. The summed E-state index contributed by atoms with van der Waals surface area (Å²) in [6, 6.07) is 19.0. The van der Waals surface area contributed by atoms with Gasteiger partial charge in [-0.25, -0.2) is 9.18 Å². The smallest absolute Gasteiger partial charge is 0.414 e. The number of amides is 2. The van der Waals surface area contributed by atoms with Gasteiger partial charge in [0.05, 0.1) is 35.1 Å². The minimum absolute atomic E-state index is 0.0449. The lowest BCUT2D eigenvalue weighted by Gasteiger charge is -2.16. The molecule has 190 valence electrons. The SMILES string of the molecule is CC(=S)NC[C@H]1CN(c2ccc(Nc3cccc(C(=O)N(C)c4ccccc4)cc3=O)c(F)c2)C(=O)O1. The number of anilines is 4. The Bertz CT molecular complexity index is 1400. The highest BCUT2D eigenvalue weighted by Gasteiger charge is 2.32. The van der Waals surface area contributed by atoms with Gasteiger partial charge in [0, 0.05) is 24.4 Å². The molecule has 3 aromatic carbocycles. The molecule has 10 heteroatoms. The van der Waals surface area contributed by atoms with Crippen LogP contribution in [-0.4, -0.2) is 43.2 Å². The molecule has 3 aromatic rings. The van der Waals surface area contributed by atoms with Crippen LogP contribution in [0.3, 0.4) is 0 Å². The van der Waals surface area contributed by atoms with Crippen LogP contribution < -0.4 is 25.9 Å². The van der Waals surface area contributed by atoms with E-state index in [1.807, 2.05) is 18.2 Å². The van der Waals surface area contributed by atoms with Crippen molar-refractivity contribution < 1.29 is 18.7 Å². The molecule has 0 saturated carbocycles. The van der Waals surface area contributed by atoms with Crippen molar-refractivity contribution in [2.45, 2.75) is 13.0 Å². The summed E-state index contributed by atoms with van der Waals surface area (Å²) >= 11 is 4.97. The molecule has 37 heavy (non-hydrogen) atoms. The highest BCUT2D eigenvalue weighted by Crippen LogP contribution is 2.27. The van der Waals surface area contributed by atoms with E-state index in [9.17, 15) is 18.8 Å². The monoisotopic (exact) mass is 520 g/mol. The second kappa shape index (κ2) is 11.2. The second-order valence-electron chi connectivity index (χ2n) is 8.45. The van der Waals surface area contributed by atoms with Gasteiger partial charge in [-0.15, -0.1) is 0 Å². The number of nitrogens with one attached hydrogen (secondary N) is 2. The van der Waals surface area contributed by atoms with Gasteiger partial charge in [-0.2, -0.15) is 0 Å². The van der Waals surface area contributed by atoms with E-state index in [-0.39, 0.29) is 29.4 Å². The minimum Gasteiger partial charge on any atom is -0.442 e. The Labute approximate surface area is 218 Å². The Balaban J connectivity index is 1.49. The van der Waals surface area contributed by atoms with Crippen LogP contribution in [0.15, 0.2) is 77.6 Å². The maximum atomic E-state index is 15.0. The molecule has 1 atom stereocenters. The number of carbonyl (C=O) groups is 2. The molecule has 1 aliphatic rings. The number of halogens is 1. The van der Waals surface area contributed by atoms with Crippen LogP contribution in [0.4, 0.5) is 31.9 Å². The number of ether oxygens (including phenoxy) is 1. The molecule has 0 unspecified atom stereocenters. The summed E-state index contributed by atoms with van der Waals surface area (Å²) in [5.74, 6) is -1.01. The molecule has 0 aromatic heterocycles. The molecule has 4 rings (SSSR count). The molecular weight excluding hydrogens is 495 g/mol. The lowest BCUT2D eigenvalue weighted by Crippen LogP contribution is -2.32. The largest absolute Gasteiger partial charge is 0.442 e. The van der Waals surface area contributed by atoms with Crippen molar-refractivity contribution in [3.63, 3.8) is 0 Å². The van der Waals surface area contributed by atoms with Crippen LogP contribution in [0.2, 0.25) is 0 Å². The van der Waals surface area contributed by atoms with Gasteiger partial charge in [0.1, 0.15) is 11.9 Å². The summed E-state index contributed by atoms with van der Waals surface area (Å²) in [5.41, 5.74) is 0.864. The van der Waals surface area contributed by atoms with E-state index in [2.05, 4.69) is 10.6 Å². The molecule has 1 saturated heterocycles. The zero-order chi connectivity index (χ0) is 26.5. The highest BCUT2D eigenvalue weighted by atomic mass is 32.1. The Hall–Kier alpha value is -4.31. The van der Waals surface area contributed by atoms with Crippen LogP contribution in [0.5, 0.6) is 0 Å². The number of rotatable bonds is 7. The summed E-state index contributed by atoms with van der Waals surface area (Å²) in [7, 11) is 1.62. The van der Waals surface area contributed by atoms with Gasteiger partial charge >= 0.3 is 6.09 Å². The number of cyclic esters (lactones) is 1. The van der Waals surface area contributed by atoms with E-state index < -0.39 is 23.4 Å². The van der Waals surface area contributed by atoms with Crippen LogP contribution in [0, 0.1) is 5.82 Å². The summed E-state index contributed by atoms with van der Waals surface area (Å²) < 4.78 is 20.3. The number of carbonyl (C=O) groups excluding carboxylic acids is 2. The van der Waals surface area contributed by atoms with E-state index in [0.29, 0.717) is 22.9 Å². The minimum atomic E-state index is -0.660. The van der Waals surface area contributed by atoms with Crippen LogP contribution >= 0.6 is 12.2 Å². The summed E-state index contributed by atoms with van der Waals surface area (Å²) in [5, 5.41) is 5.74. The quantitative estimate of drug-likeness (QED) is 0.444. The molecule has 0 aliphatic carbocycles. The van der Waals surface area contributed by atoms with Gasteiger partial charge in [0.2, 0.25) is 5.43 Å². The molecule has 1 fully saturated rings. The molecule has 2 amide bonds. The number of hydrogen-bond donors (Lipinski definition) is 2. The van der Waals surface area contributed by atoms with Gasteiger partial charge < -0.3 is 20.3 Å². The third-order valence-electron chi connectivity index (χ3n) is 5.77. The average molecular weight is 521 g/mol. The maximum Gasteiger partial charge on any atom is 0.414 e. The highest BCUT2D eigenvalue weighted by molar-refractivity contribution is 7.80. The fourth-order valence-corrected chi connectivity index (χ4v) is 3.89. The standard InChI is InChI=1S/C27H25FN4O4S/c1-17(37)29-15-21-16-32(27(35)36-21)20-11-12-23(22(28)14-20)30-24-10-6-7-18(13-25(24)33)26(34)31(2)19-8-4-3-5-9-19/h3-14,21H,15-16H2,1-2H3,(H,29,37)(H,30,33)/t21-/m0/s1. The van der Waals surface area contributed by atoms with Crippen molar-refractivity contribution in [3.8, 4) is 0 Å². The Morgan fingerprint density at radius 1 is 1.08 bits per heavy atom.